The van der Waals surface area contributed by atoms with E-state index in [4.69, 9.17) is 0 Å². The van der Waals surface area contributed by atoms with Gasteiger partial charge in [0, 0.05) is 0 Å². The predicted molar refractivity (Wildman–Crippen MR) is 65.9 cm³/mol. The van der Waals surface area contributed by atoms with Crippen molar-refractivity contribution in [1.29, 1.82) is 0 Å². The Hall–Kier alpha value is -0.530. The molecule has 0 atom stereocenters. The number of carbonyl (C=O) groups is 1. The fourth-order valence-electron chi connectivity index (χ4n) is 1.99. The zero-order chi connectivity index (χ0) is 15.2. The molecule has 0 amide bonds. The highest BCUT2D eigenvalue weighted by atomic mass is 32.2. The van der Waals surface area contributed by atoms with Crippen molar-refractivity contribution in [3.8, 4) is 0 Å². The molecule has 0 unspecified atom stereocenters. The average molecular weight is 320 g/mol. The maximum Gasteiger partial charge on any atom is 0.394 e. The third-order valence-corrected chi connectivity index (χ3v) is 4.04. The molecule has 0 aromatic heterocycles. The van der Waals surface area contributed by atoms with Crippen LogP contribution in [0.1, 0.15) is 32.1 Å². The molecule has 1 aliphatic heterocycles. The van der Waals surface area contributed by atoms with E-state index >= 15 is 0 Å². The number of hydrogen-bond acceptors (Lipinski definition) is 3. The molecule has 2 nitrogen and oxygen atoms in total. The minimum Gasteiger partial charge on any atom is -0.466 e. The summed E-state index contributed by atoms with van der Waals surface area (Å²) in [6.07, 6.45) is -6.25. The Morgan fingerprint density at radius 2 is 1.75 bits per heavy atom. The number of rotatable bonds is 6. The van der Waals surface area contributed by atoms with E-state index in [1.165, 1.54) is 0 Å². The van der Waals surface area contributed by atoms with Gasteiger partial charge in [-0.3, -0.25) is 4.79 Å². The molecule has 1 heterocycles. The molecule has 8 heteroatoms. The molecule has 1 saturated heterocycles. The van der Waals surface area contributed by atoms with Crippen molar-refractivity contribution in [2.45, 2.75) is 44.2 Å². The first kappa shape index (κ1) is 17.5. The first-order valence-electron chi connectivity index (χ1n) is 6.36. The third kappa shape index (κ3) is 7.91. The van der Waals surface area contributed by atoms with E-state index in [0.29, 0.717) is 12.3 Å². The lowest BCUT2D eigenvalue weighted by atomic mass is 10.00. The monoisotopic (exact) mass is 320 g/mol. The molecule has 0 spiro atoms. The van der Waals surface area contributed by atoms with Crippen LogP contribution in [0.3, 0.4) is 0 Å². The summed E-state index contributed by atoms with van der Waals surface area (Å²) in [6.45, 7) is -0.00371. The van der Waals surface area contributed by atoms with Crippen molar-refractivity contribution >= 4 is 17.7 Å². The summed E-state index contributed by atoms with van der Waals surface area (Å²) in [5, 5.41) is 0. The van der Waals surface area contributed by atoms with Crippen LogP contribution in [0.5, 0.6) is 0 Å². The second kappa shape index (κ2) is 7.47. The zero-order valence-electron chi connectivity index (χ0n) is 10.8. The smallest absolute Gasteiger partial charge is 0.394 e. The molecule has 1 rings (SSSR count). The summed E-state index contributed by atoms with van der Waals surface area (Å²) >= 11 is 1.84. The summed E-state index contributed by atoms with van der Waals surface area (Å²) in [7, 11) is 0. The molecule has 0 saturated carbocycles. The van der Waals surface area contributed by atoms with Gasteiger partial charge in [0.05, 0.1) is 6.61 Å². The first-order chi connectivity index (χ1) is 9.18. The number of hydrogen-bond donors (Lipinski definition) is 0. The summed E-state index contributed by atoms with van der Waals surface area (Å²) < 4.78 is 66.0. The molecule has 1 fully saturated rings. The van der Waals surface area contributed by atoms with Crippen molar-refractivity contribution in [1.82, 2.24) is 0 Å². The van der Waals surface area contributed by atoms with Crippen LogP contribution in [0, 0.1) is 5.92 Å². The second-order valence-electron chi connectivity index (χ2n) is 4.89. The zero-order valence-corrected chi connectivity index (χ0v) is 11.7. The molecule has 0 N–H and O–H groups in total. The highest BCUT2D eigenvalue weighted by Gasteiger charge is 2.45. The van der Waals surface area contributed by atoms with Crippen molar-refractivity contribution in [2.24, 2.45) is 5.92 Å². The Kier molecular flexibility index (Phi) is 6.54. The predicted octanol–water partition coefficient (Wildman–Crippen LogP) is 4.04. The van der Waals surface area contributed by atoms with Crippen LogP contribution in [0.15, 0.2) is 0 Å². The Labute approximate surface area is 118 Å². The Morgan fingerprint density at radius 1 is 1.15 bits per heavy atom. The van der Waals surface area contributed by atoms with Crippen molar-refractivity contribution < 1.29 is 31.5 Å². The number of carbonyl (C=O) groups excluding carboxylic acids is 1. The van der Waals surface area contributed by atoms with E-state index in [-0.39, 0.29) is 6.61 Å². The van der Waals surface area contributed by atoms with Crippen molar-refractivity contribution in [3.63, 3.8) is 0 Å². The van der Waals surface area contributed by atoms with Crippen molar-refractivity contribution in [3.05, 3.63) is 0 Å². The fraction of sp³-hybridized carbons (Fsp3) is 0.917. The van der Waals surface area contributed by atoms with Crippen LogP contribution >= 0.6 is 11.8 Å². The lowest BCUT2D eigenvalue weighted by Crippen LogP contribution is -2.29. The average Bonchev–Trinajstić information content (AvgIpc) is 2.26. The Bertz CT molecular complexity index is 313. The Morgan fingerprint density at radius 3 is 2.30 bits per heavy atom. The van der Waals surface area contributed by atoms with Crippen LogP contribution in [-0.2, 0) is 9.53 Å². The molecule has 0 bridgehead atoms. The number of ether oxygens (including phenoxy) is 1. The number of esters is 1. The molecule has 20 heavy (non-hydrogen) atoms. The van der Waals surface area contributed by atoms with Gasteiger partial charge < -0.3 is 4.74 Å². The minimum atomic E-state index is -5.00. The standard InChI is InChI=1S/C12H17F5O2S/c13-11(14,8-12(15,16)17)7-10(18)19-4-1-9-2-5-20-6-3-9/h9H,1-8H2. The molecular weight excluding hydrogens is 303 g/mol. The highest BCUT2D eigenvalue weighted by Crippen LogP contribution is 2.34. The van der Waals surface area contributed by atoms with Gasteiger partial charge in [0.1, 0.15) is 12.8 Å². The normalized spacial score (nSPS) is 18.1. The fourth-order valence-corrected chi connectivity index (χ4v) is 3.20. The van der Waals surface area contributed by atoms with Gasteiger partial charge in [0.25, 0.3) is 5.92 Å². The van der Waals surface area contributed by atoms with E-state index in [0.717, 1.165) is 24.3 Å². The number of halogens is 5. The van der Waals surface area contributed by atoms with Gasteiger partial charge in [-0.05, 0) is 36.7 Å². The maximum atomic E-state index is 12.9. The largest absolute Gasteiger partial charge is 0.466 e. The molecule has 1 aliphatic rings. The summed E-state index contributed by atoms with van der Waals surface area (Å²) in [4.78, 5) is 11.1. The van der Waals surface area contributed by atoms with Crippen LogP contribution < -0.4 is 0 Å². The summed E-state index contributed by atoms with van der Waals surface area (Å²) in [6, 6.07) is 0. The van der Waals surface area contributed by atoms with Gasteiger partial charge in [-0.1, -0.05) is 0 Å². The van der Waals surface area contributed by atoms with Crippen LogP contribution in [0.25, 0.3) is 0 Å². The maximum absolute atomic E-state index is 12.9. The number of alkyl halides is 5. The van der Waals surface area contributed by atoms with Gasteiger partial charge in [0.15, 0.2) is 0 Å². The van der Waals surface area contributed by atoms with Gasteiger partial charge in [-0.25, -0.2) is 8.78 Å². The van der Waals surface area contributed by atoms with E-state index in [9.17, 15) is 26.7 Å². The van der Waals surface area contributed by atoms with Gasteiger partial charge in [-0.15, -0.1) is 0 Å². The second-order valence-corrected chi connectivity index (χ2v) is 6.11. The Balaban J connectivity index is 2.22. The molecule has 0 aliphatic carbocycles. The van der Waals surface area contributed by atoms with E-state index in [2.05, 4.69) is 4.74 Å². The lowest BCUT2D eigenvalue weighted by molar-refractivity contribution is -0.193. The van der Waals surface area contributed by atoms with E-state index in [1.54, 1.807) is 0 Å². The van der Waals surface area contributed by atoms with E-state index < -0.39 is 30.9 Å². The molecule has 0 aromatic carbocycles. The molecular formula is C12H17F5O2S. The molecule has 0 radical (unpaired) electrons. The van der Waals surface area contributed by atoms with Crippen molar-refractivity contribution in [2.75, 3.05) is 18.1 Å². The first-order valence-corrected chi connectivity index (χ1v) is 7.51. The lowest BCUT2D eigenvalue weighted by Gasteiger charge is -2.21. The minimum absolute atomic E-state index is 0.00371. The summed E-state index contributed by atoms with van der Waals surface area (Å²) in [5.41, 5.74) is 0. The molecule has 118 valence electrons. The molecule has 0 aromatic rings. The third-order valence-electron chi connectivity index (χ3n) is 2.99. The van der Waals surface area contributed by atoms with Gasteiger partial charge in [0.2, 0.25) is 0 Å². The van der Waals surface area contributed by atoms with Crippen LogP contribution in [-0.4, -0.2) is 36.2 Å². The van der Waals surface area contributed by atoms with Crippen LogP contribution in [0.4, 0.5) is 22.0 Å². The van der Waals surface area contributed by atoms with Gasteiger partial charge >= 0.3 is 12.1 Å². The summed E-state index contributed by atoms with van der Waals surface area (Å²) in [5.74, 6) is -2.91. The van der Waals surface area contributed by atoms with E-state index in [1.807, 2.05) is 11.8 Å². The van der Waals surface area contributed by atoms with Gasteiger partial charge in [-0.2, -0.15) is 24.9 Å². The van der Waals surface area contributed by atoms with Crippen LogP contribution in [0.2, 0.25) is 0 Å². The highest BCUT2D eigenvalue weighted by molar-refractivity contribution is 7.99. The topological polar surface area (TPSA) is 26.3 Å². The number of thioether (sulfide) groups is 1. The quantitative estimate of drug-likeness (QED) is 0.546. The SMILES string of the molecule is O=C(CC(F)(F)CC(F)(F)F)OCCC1CCSCC1.